The minimum absolute atomic E-state index is 0.209. The van der Waals surface area contributed by atoms with Crippen LogP contribution in [0.1, 0.15) is 11.1 Å². The van der Waals surface area contributed by atoms with Crippen LogP contribution in [0.15, 0.2) is 71.7 Å². The molecule has 2 aromatic heterocycles. The molecule has 9 heteroatoms. The Balaban J connectivity index is 1.80. The average molecular weight is 467 g/mol. The lowest BCUT2D eigenvalue weighted by Crippen LogP contribution is -2.15. The van der Waals surface area contributed by atoms with Crippen molar-refractivity contribution in [3.05, 3.63) is 88.4 Å². The summed E-state index contributed by atoms with van der Waals surface area (Å²) in [5, 5.41) is 0. The highest BCUT2D eigenvalue weighted by Crippen LogP contribution is 2.35. The van der Waals surface area contributed by atoms with Crippen LogP contribution in [-0.4, -0.2) is 15.0 Å². The average Bonchev–Trinajstić information content (AvgIpc) is 3.13. The zero-order valence-electron chi connectivity index (χ0n) is 18.3. The second kappa shape index (κ2) is 8.58. The first kappa shape index (κ1) is 22.9. The quantitative estimate of drug-likeness (QED) is 0.416. The Labute approximate surface area is 192 Å². The molecular formula is C25H20F3N3O3. The van der Waals surface area contributed by atoms with Crippen molar-refractivity contribution in [2.24, 2.45) is 12.8 Å². The Kier molecular flexibility index (Phi) is 5.78. The van der Waals surface area contributed by atoms with Crippen molar-refractivity contribution in [1.29, 1.82) is 0 Å². The number of primary amides is 1. The zero-order chi connectivity index (χ0) is 24.6. The van der Waals surface area contributed by atoms with Crippen LogP contribution in [0.5, 0.6) is 11.5 Å². The van der Waals surface area contributed by atoms with Gasteiger partial charge in [0.25, 0.3) is 5.56 Å². The largest absolute Gasteiger partial charge is 0.457 e. The highest BCUT2D eigenvalue weighted by atomic mass is 19.4. The molecule has 34 heavy (non-hydrogen) atoms. The van der Waals surface area contributed by atoms with Crippen LogP contribution in [0.3, 0.4) is 0 Å². The molecule has 0 aliphatic heterocycles. The number of carbonyl (C=O) groups is 1. The van der Waals surface area contributed by atoms with Crippen LogP contribution >= 0.6 is 0 Å². The number of benzene rings is 2. The second-order valence-electron chi connectivity index (χ2n) is 7.79. The number of fused-ring (bicyclic) bond motifs is 1. The van der Waals surface area contributed by atoms with Crippen LogP contribution in [0.2, 0.25) is 0 Å². The molecular weight excluding hydrogens is 447 g/mol. The van der Waals surface area contributed by atoms with E-state index in [4.69, 9.17) is 10.5 Å². The van der Waals surface area contributed by atoms with Crippen molar-refractivity contribution < 1.29 is 22.7 Å². The minimum Gasteiger partial charge on any atom is -0.457 e. The fourth-order valence-corrected chi connectivity index (χ4v) is 3.72. The van der Waals surface area contributed by atoms with Crippen LogP contribution < -0.4 is 16.0 Å². The van der Waals surface area contributed by atoms with Gasteiger partial charge in [0.05, 0.1) is 16.6 Å². The Hall–Kier alpha value is -4.27. The van der Waals surface area contributed by atoms with Crippen molar-refractivity contribution in [3.63, 3.8) is 0 Å². The number of alkyl halides is 3. The van der Waals surface area contributed by atoms with Gasteiger partial charge in [-0.25, -0.2) is 0 Å². The number of pyridine rings is 1. The summed E-state index contributed by atoms with van der Waals surface area (Å²) in [4.78, 5) is 23.6. The van der Waals surface area contributed by atoms with E-state index in [0.717, 1.165) is 23.3 Å². The van der Waals surface area contributed by atoms with E-state index in [1.165, 1.54) is 35.0 Å². The number of hydrogen-bond acceptors (Lipinski definition) is 3. The Morgan fingerprint density at radius 3 is 2.38 bits per heavy atom. The maximum absolute atomic E-state index is 12.8. The predicted molar refractivity (Wildman–Crippen MR) is 123 cm³/mol. The zero-order valence-corrected chi connectivity index (χ0v) is 18.3. The molecule has 0 saturated carbocycles. The van der Waals surface area contributed by atoms with Gasteiger partial charge in [-0.15, -0.1) is 0 Å². The topological polar surface area (TPSA) is 79.2 Å². The third-order valence-electron chi connectivity index (χ3n) is 5.27. The van der Waals surface area contributed by atoms with Gasteiger partial charge in [0, 0.05) is 37.2 Å². The molecule has 2 aromatic carbocycles. The first-order chi connectivity index (χ1) is 16.0. The minimum atomic E-state index is -4.43. The monoisotopic (exact) mass is 467 g/mol. The highest BCUT2D eigenvalue weighted by molar-refractivity contribution is 5.96. The number of ether oxygens (including phenoxy) is 1. The molecule has 0 bridgehead atoms. The van der Waals surface area contributed by atoms with Crippen molar-refractivity contribution in [2.75, 3.05) is 0 Å². The molecule has 0 saturated heterocycles. The third-order valence-corrected chi connectivity index (χ3v) is 5.27. The van der Waals surface area contributed by atoms with Gasteiger partial charge in [-0.05, 0) is 60.5 Å². The van der Waals surface area contributed by atoms with Crippen molar-refractivity contribution >= 4 is 23.1 Å². The van der Waals surface area contributed by atoms with E-state index in [0.29, 0.717) is 22.3 Å². The highest BCUT2D eigenvalue weighted by Gasteiger charge is 2.30. The summed E-state index contributed by atoms with van der Waals surface area (Å²) in [6, 6.07) is 12.9. The van der Waals surface area contributed by atoms with Crippen LogP contribution in [0.4, 0.5) is 13.2 Å². The summed E-state index contributed by atoms with van der Waals surface area (Å²) in [7, 11) is 1.64. The second-order valence-corrected chi connectivity index (χ2v) is 7.79. The van der Waals surface area contributed by atoms with Gasteiger partial charge in [0.2, 0.25) is 5.91 Å². The number of aromatic nitrogens is 2. The lowest BCUT2D eigenvalue weighted by atomic mass is 10.0. The number of nitrogens with two attached hydrogens (primary N) is 1. The van der Waals surface area contributed by atoms with E-state index in [-0.39, 0.29) is 11.3 Å². The number of hydrogen-bond donors (Lipinski definition) is 1. The number of amides is 1. The van der Waals surface area contributed by atoms with Crippen LogP contribution in [0.25, 0.3) is 28.4 Å². The predicted octanol–water partition coefficient (Wildman–Crippen LogP) is 5.08. The van der Waals surface area contributed by atoms with Gasteiger partial charge in [0.1, 0.15) is 11.5 Å². The van der Waals surface area contributed by atoms with E-state index in [9.17, 15) is 22.8 Å². The van der Waals surface area contributed by atoms with Gasteiger partial charge < -0.3 is 19.6 Å². The molecule has 0 unspecified atom stereocenters. The first-order valence-electron chi connectivity index (χ1n) is 10.2. The summed E-state index contributed by atoms with van der Waals surface area (Å²) >= 11 is 0. The fraction of sp³-hybridized carbons (Fsp3) is 0.120. The molecule has 0 spiro atoms. The van der Waals surface area contributed by atoms with Crippen LogP contribution in [0, 0.1) is 6.92 Å². The van der Waals surface area contributed by atoms with Gasteiger partial charge in [-0.1, -0.05) is 6.07 Å². The summed E-state index contributed by atoms with van der Waals surface area (Å²) in [6.45, 7) is 1.86. The molecule has 0 fully saturated rings. The van der Waals surface area contributed by atoms with E-state index >= 15 is 0 Å². The number of halogens is 3. The summed E-state index contributed by atoms with van der Waals surface area (Å²) in [5.41, 5.74) is 7.84. The third kappa shape index (κ3) is 4.59. The number of nitrogens with zero attached hydrogens (tertiary/aromatic N) is 2. The SMILES string of the molecule is Cc1cc(Oc2ccc(C(F)(F)F)cc2)cc(-c2cn(C=CC(N)=O)c3ccc(=O)n(C)c23)c1. The summed E-state index contributed by atoms with van der Waals surface area (Å²) in [6.07, 6.45) is 0.0557. The smallest absolute Gasteiger partial charge is 0.416 e. The van der Waals surface area contributed by atoms with Gasteiger partial charge in [-0.3, -0.25) is 9.59 Å². The lowest BCUT2D eigenvalue weighted by Gasteiger charge is -2.11. The Morgan fingerprint density at radius 2 is 1.74 bits per heavy atom. The molecule has 1 amide bonds. The fourth-order valence-electron chi connectivity index (χ4n) is 3.72. The molecule has 4 aromatic rings. The van der Waals surface area contributed by atoms with E-state index in [1.807, 2.05) is 13.0 Å². The normalized spacial score (nSPS) is 11.9. The molecule has 0 aliphatic carbocycles. The molecule has 0 radical (unpaired) electrons. The van der Waals surface area contributed by atoms with Gasteiger partial charge in [-0.2, -0.15) is 13.2 Å². The maximum atomic E-state index is 12.8. The van der Waals surface area contributed by atoms with Crippen LogP contribution in [-0.2, 0) is 18.0 Å². The summed E-state index contributed by atoms with van der Waals surface area (Å²) < 4.78 is 47.5. The van der Waals surface area contributed by atoms with E-state index in [2.05, 4.69) is 0 Å². The molecule has 6 nitrogen and oxygen atoms in total. The van der Waals surface area contributed by atoms with Crippen molar-refractivity contribution in [3.8, 4) is 22.6 Å². The Morgan fingerprint density at radius 1 is 1.03 bits per heavy atom. The maximum Gasteiger partial charge on any atom is 0.416 e. The van der Waals surface area contributed by atoms with E-state index < -0.39 is 17.6 Å². The first-order valence-corrected chi connectivity index (χ1v) is 10.2. The number of carbonyl (C=O) groups excluding carboxylic acids is 1. The summed E-state index contributed by atoms with van der Waals surface area (Å²) in [5.74, 6) is 0.0593. The van der Waals surface area contributed by atoms with Gasteiger partial charge >= 0.3 is 6.18 Å². The molecule has 2 N–H and O–H groups in total. The molecule has 2 heterocycles. The van der Waals surface area contributed by atoms with E-state index in [1.54, 1.807) is 36.0 Å². The number of rotatable bonds is 5. The number of aryl methyl sites for hydroxylation is 2. The van der Waals surface area contributed by atoms with Crippen molar-refractivity contribution in [2.45, 2.75) is 13.1 Å². The van der Waals surface area contributed by atoms with Gasteiger partial charge in [0.15, 0.2) is 0 Å². The van der Waals surface area contributed by atoms with Crippen molar-refractivity contribution in [1.82, 2.24) is 9.13 Å². The molecule has 0 aliphatic rings. The lowest BCUT2D eigenvalue weighted by molar-refractivity contribution is -0.137. The molecule has 4 rings (SSSR count). The molecule has 0 atom stereocenters. The Bertz CT molecular complexity index is 1480. The molecule has 174 valence electrons. The standard InChI is InChI=1S/C25H20F3N3O3/c1-15-11-16(13-19(12-15)34-18-5-3-17(4-6-18)25(26,27)28)20-14-31(10-9-22(29)32)21-7-8-23(33)30(2)24(20)21/h3-14H,1-2H3,(H2,29,32).